The van der Waals surface area contributed by atoms with Gasteiger partial charge in [0, 0.05) is 22.9 Å². The summed E-state index contributed by atoms with van der Waals surface area (Å²) in [7, 11) is 0. The number of carboxylic acids is 2. The molecule has 2 N–H and O–H groups in total. The normalized spacial score (nSPS) is 11.2. The van der Waals surface area contributed by atoms with Crippen LogP contribution in [0, 0.1) is 0 Å². The van der Waals surface area contributed by atoms with E-state index in [1.165, 1.54) is 23.9 Å². The molecule has 2 aromatic rings. The standard InChI is InChI=1S/C16H15NO4S/c1-16(2,15(20)21)22-13-7-8-17-9-12(13)10-3-5-11(6-4-10)14(18)19/h3-9H,1-2H3,(H,18,19)(H,20,21). The molecular formula is C16H15NO4S. The minimum atomic E-state index is -0.987. The van der Waals surface area contributed by atoms with Crippen LogP contribution in [0.4, 0.5) is 0 Å². The quantitative estimate of drug-likeness (QED) is 0.822. The number of carboxylic acid groups (broad SMARTS) is 2. The lowest BCUT2D eigenvalue weighted by atomic mass is 10.1. The number of hydrogen-bond donors (Lipinski definition) is 2. The summed E-state index contributed by atoms with van der Waals surface area (Å²) in [4.78, 5) is 27.0. The number of aromatic nitrogens is 1. The number of benzene rings is 1. The molecule has 0 amide bonds. The zero-order valence-corrected chi connectivity index (χ0v) is 12.9. The molecule has 0 bridgehead atoms. The van der Waals surface area contributed by atoms with E-state index in [1.54, 1.807) is 44.4 Å². The number of aromatic carboxylic acids is 1. The monoisotopic (exact) mass is 317 g/mol. The number of nitrogens with zero attached hydrogens (tertiary/aromatic N) is 1. The van der Waals surface area contributed by atoms with Gasteiger partial charge in [-0.05, 0) is 37.6 Å². The first-order valence-electron chi connectivity index (χ1n) is 6.51. The molecule has 114 valence electrons. The Morgan fingerprint density at radius 3 is 2.27 bits per heavy atom. The molecule has 1 heterocycles. The summed E-state index contributed by atoms with van der Waals surface area (Å²) < 4.78 is -0.975. The van der Waals surface area contributed by atoms with Crippen molar-refractivity contribution in [2.75, 3.05) is 0 Å². The molecule has 2 rings (SSSR count). The summed E-state index contributed by atoms with van der Waals surface area (Å²) in [6.07, 6.45) is 3.26. The van der Waals surface area contributed by atoms with E-state index >= 15 is 0 Å². The van der Waals surface area contributed by atoms with E-state index in [9.17, 15) is 14.7 Å². The summed E-state index contributed by atoms with van der Waals surface area (Å²) in [6.45, 7) is 3.27. The third-order valence-electron chi connectivity index (χ3n) is 3.10. The lowest BCUT2D eigenvalue weighted by molar-refractivity contribution is -0.138. The highest BCUT2D eigenvalue weighted by Gasteiger charge is 2.29. The topological polar surface area (TPSA) is 87.5 Å². The van der Waals surface area contributed by atoms with Gasteiger partial charge in [-0.25, -0.2) is 4.79 Å². The molecule has 5 nitrogen and oxygen atoms in total. The predicted molar refractivity (Wildman–Crippen MR) is 84.2 cm³/mol. The summed E-state index contributed by atoms with van der Waals surface area (Å²) in [5, 5.41) is 18.2. The maximum absolute atomic E-state index is 11.3. The highest BCUT2D eigenvalue weighted by atomic mass is 32.2. The molecule has 0 radical (unpaired) electrons. The van der Waals surface area contributed by atoms with E-state index in [1.807, 2.05) is 0 Å². The van der Waals surface area contributed by atoms with Crippen LogP contribution in [0.2, 0.25) is 0 Å². The number of pyridine rings is 1. The van der Waals surface area contributed by atoms with Gasteiger partial charge in [0.25, 0.3) is 0 Å². The minimum absolute atomic E-state index is 0.202. The minimum Gasteiger partial charge on any atom is -0.480 e. The van der Waals surface area contributed by atoms with Crippen LogP contribution < -0.4 is 0 Å². The van der Waals surface area contributed by atoms with Gasteiger partial charge in [-0.1, -0.05) is 12.1 Å². The highest BCUT2D eigenvalue weighted by Crippen LogP contribution is 2.38. The second kappa shape index (κ2) is 6.19. The third kappa shape index (κ3) is 3.46. The first-order chi connectivity index (χ1) is 10.3. The van der Waals surface area contributed by atoms with Crippen molar-refractivity contribution in [1.29, 1.82) is 0 Å². The molecule has 0 saturated heterocycles. The summed E-state index contributed by atoms with van der Waals surface area (Å²) in [5.74, 6) is -1.89. The van der Waals surface area contributed by atoms with Crippen molar-refractivity contribution in [3.63, 3.8) is 0 Å². The van der Waals surface area contributed by atoms with Crippen molar-refractivity contribution in [2.24, 2.45) is 0 Å². The SMILES string of the molecule is CC(C)(Sc1ccncc1-c1ccc(C(=O)O)cc1)C(=O)O. The summed E-state index contributed by atoms with van der Waals surface area (Å²) >= 11 is 1.23. The molecule has 0 saturated carbocycles. The van der Waals surface area contributed by atoms with Crippen molar-refractivity contribution in [1.82, 2.24) is 4.98 Å². The van der Waals surface area contributed by atoms with Crippen LogP contribution in [0.25, 0.3) is 11.1 Å². The highest BCUT2D eigenvalue weighted by molar-refractivity contribution is 8.01. The molecule has 0 aliphatic carbocycles. The van der Waals surface area contributed by atoms with Crippen molar-refractivity contribution in [2.45, 2.75) is 23.5 Å². The third-order valence-corrected chi connectivity index (χ3v) is 4.36. The number of aliphatic carboxylic acids is 1. The van der Waals surface area contributed by atoms with Gasteiger partial charge in [0.05, 0.1) is 5.56 Å². The lowest BCUT2D eigenvalue weighted by Crippen LogP contribution is -2.27. The van der Waals surface area contributed by atoms with Gasteiger partial charge in [0.2, 0.25) is 0 Å². The fraction of sp³-hybridized carbons (Fsp3) is 0.188. The molecule has 0 aliphatic heterocycles. The van der Waals surface area contributed by atoms with Crippen LogP contribution in [0.15, 0.2) is 47.6 Å². The van der Waals surface area contributed by atoms with Crippen LogP contribution in [0.5, 0.6) is 0 Å². The molecule has 1 aromatic carbocycles. The van der Waals surface area contributed by atoms with Gasteiger partial charge < -0.3 is 10.2 Å². The van der Waals surface area contributed by atoms with Gasteiger partial charge in [-0.2, -0.15) is 0 Å². The smallest absolute Gasteiger partial charge is 0.335 e. The van der Waals surface area contributed by atoms with Gasteiger partial charge in [0.1, 0.15) is 4.75 Å². The second-order valence-electron chi connectivity index (χ2n) is 5.17. The van der Waals surface area contributed by atoms with E-state index < -0.39 is 16.7 Å². The Kier molecular flexibility index (Phi) is 4.51. The lowest BCUT2D eigenvalue weighted by Gasteiger charge is -2.20. The van der Waals surface area contributed by atoms with E-state index in [-0.39, 0.29) is 5.56 Å². The fourth-order valence-electron chi connectivity index (χ4n) is 1.80. The Morgan fingerprint density at radius 1 is 1.09 bits per heavy atom. The van der Waals surface area contributed by atoms with E-state index in [0.29, 0.717) is 0 Å². The Morgan fingerprint density at radius 2 is 1.73 bits per heavy atom. The van der Waals surface area contributed by atoms with Crippen LogP contribution in [0.1, 0.15) is 24.2 Å². The van der Waals surface area contributed by atoms with Crippen molar-refractivity contribution >= 4 is 23.7 Å². The van der Waals surface area contributed by atoms with E-state index in [0.717, 1.165) is 16.0 Å². The molecule has 0 fully saturated rings. The molecular weight excluding hydrogens is 302 g/mol. The zero-order chi connectivity index (χ0) is 16.3. The predicted octanol–water partition coefficient (Wildman–Crippen LogP) is 3.40. The van der Waals surface area contributed by atoms with Crippen molar-refractivity contribution < 1.29 is 19.8 Å². The molecule has 1 aromatic heterocycles. The van der Waals surface area contributed by atoms with E-state index in [2.05, 4.69) is 4.98 Å². The van der Waals surface area contributed by atoms with Crippen LogP contribution in [-0.2, 0) is 4.79 Å². The van der Waals surface area contributed by atoms with Crippen LogP contribution in [0.3, 0.4) is 0 Å². The van der Waals surface area contributed by atoms with Crippen molar-refractivity contribution in [3.05, 3.63) is 48.3 Å². The molecule has 0 atom stereocenters. The number of carbonyl (C=O) groups is 2. The first-order valence-corrected chi connectivity index (χ1v) is 7.33. The summed E-state index contributed by atoms with van der Waals surface area (Å²) in [5.41, 5.74) is 1.77. The van der Waals surface area contributed by atoms with Crippen LogP contribution >= 0.6 is 11.8 Å². The average molecular weight is 317 g/mol. The molecule has 0 spiro atoms. The first kappa shape index (κ1) is 16.0. The maximum atomic E-state index is 11.3. The Hall–Kier alpha value is -2.34. The summed E-state index contributed by atoms with van der Waals surface area (Å²) in [6, 6.07) is 8.18. The fourth-order valence-corrected chi connectivity index (χ4v) is 2.84. The second-order valence-corrected chi connectivity index (χ2v) is 6.84. The van der Waals surface area contributed by atoms with Gasteiger partial charge in [-0.3, -0.25) is 9.78 Å². The van der Waals surface area contributed by atoms with Gasteiger partial charge in [-0.15, -0.1) is 11.8 Å². The van der Waals surface area contributed by atoms with E-state index in [4.69, 9.17) is 5.11 Å². The van der Waals surface area contributed by atoms with Gasteiger partial charge in [0.15, 0.2) is 0 Å². The Bertz CT molecular complexity index is 710. The average Bonchev–Trinajstić information content (AvgIpc) is 2.47. The Balaban J connectivity index is 2.40. The zero-order valence-electron chi connectivity index (χ0n) is 12.1. The molecule has 22 heavy (non-hydrogen) atoms. The molecule has 6 heteroatoms. The van der Waals surface area contributed by atoms with Gasteiger partial charge >= 0.3 is 11.9 Å². The maximum Gasteiger partial charge on any atom is 0.335 e. The Labute approximate surface area is 132 Å². The molecule has 0 unspecified atom stereocenters. The number of hydrogen-bond acceptors (Lipinski definition) is 4. The van der Waals surface area contributed by atoms with Crippen molar-refractivity contribution in [3.8, 4) is 11.1 Å². The number of rotatable bonds is 5. The molecule has 0 aliphatic rings. The van der Waals surface area contributed by atoms with Crippen LogP contribution in [-0.4, -0.2) is 31.9 Å². The number of thioether (sulfide) groups is 1. The largest absolute Gasteiger partial charge is 0.480 e.